The number of carbonyl (C=O) groups is 1. The molecule has 0 unspecified atom stereocenters. The summed E-state index contributed by atoms with van der Waals surface area (Å²) in [7, 11) is 0. The number of hydrogen-bond donors (Lipinski definition) is 2. The topological polar surface area (TPSA) is 76.1 Å². The molecular weight excluding hydrogens is 340 g/mol. The van der Waals surface area contributed by atoms with Crippen LogP contribution in [0, 0.1) is 6.92 Å². The third kappa shape index (κ3) is 5.28. The van der Waals surface area contributed by atoms with E-state index in [0.29, 0.717) is 5.82 Å². The molecule has 0 aliphatic rings. The summed E-state index contributed by atoms with van der Waals surface area (Å²) < 4.78 is 5.62. The molecule has 0 atom stereocenters. The number of rotatable bonds is 6. The number of anilines is 3. The summed E-state index contributed by atoms with van der Waals surface area (Å²) in [6.45, 7) is 5.96. The number of aromatic nitrogens is 2. The van der Waals surface area contributed by atoms with Gasteiger partial charge in [-0.1, -0.05) is 17.7 Å². The average molecular weight is 362 g/mol. The van der Waals surface area contributed by atoms with Crippen LogP contribution >= 0.6 is 0 Å². The number of carbonyl (C=O) groups excluding carboxylic acids is 1. The van der Waals surface area contributed by atoms with Gasteiger partial charge in [-0.05, 0) is 57.2 Å². The molecule has 6 heteroatoms. The van der Waals surface area contributed by atoms with Gasteiger partial charge in [0.2, 0.25) is 0 Å². The summed E-state index contributed by atoms with van der Waals surface area (Å²) in [5.74, 6) is 1.07. The van der Waals surface area contributed by atoms with E-state index in [0.717, 1.165) is 22.7 Å². The molecule has 2 aromatic carbocycles. The molecule has 1 heterocycles. The maximum absolute atomic E-state index is 12.2. The summed E-state index contributed by atoms with van der Waals surface area (Å²) in [6, 6.07) is 15.1. The Kier molecular flexibility index (Phi) is 5.66. The lowest BCUT2D eigenvalue weighted by Crippen LogP contribution is -2.14. The second kappa shape index (κ2) is 8.31. The Labute approximate surface area is 158 Å². The number of aryl methyl sites for hydroxylation is 1. The summed E-state index contributed by atoms with van der Waals surface area (Å²) in [4.78, 5) is 20.7. The molecule has 3 rings (SSSR count). The van der Waals surface area contributed by atoms with Crippen LogP contribution < -0.4 is 15.4 Å². The van der Waals surface area contributed by atoms with Crippen molar-refractivity contribution in [3.05, 3.63) is 72.2 Å². The zero-order valence-corrected chi connectivity index (χ0v) is 15.6. The molecular formula is C21H22N4O2. The number of amides is 1. The Bertz CT molecular complexity index is 889. The highest BCUT2D eigenvalue weighted by atomic mass is 16.5. The van der Waals surface area contributed by atoms with Gasteiger partial charge in [-0.3, -0.25) is 4.79 Å². The largest absolute Gasteiger partial charge is 0.491 e. The number of nitrogens with one attached hydrogen (secondary N) is 2. The van der Waals surface area contributed by atoms with Crippen LogP contribution in [0.4, 0.5) is 17.2 Å². The number of benzene rings is 2. The molecule has 0 spiro atoms. The van der Waals surface area contributed by atoms with Gasteiger partial charge in [0.25, 0.3) is 5.91 Å². The zero-order chi connectivity index (χ0) is 19.2. The van der Waals surface area contributed by atoms with Crippen molar-refractivity contribution < 1.29 is 9.53 Å². The SMILES string of the molecule is Cc1ccc(NC(=O)c2cnc(Nc3ccc(OC(C)C)cc3)cn2)cc1. The van der Waals surface area contributed by atoms with Crippen LogP contribution in [0.3, 0.4) is 0 Å². The Balaban J connectivity index is 1.61. The fourth-order valence-corrected chi connectivity index (χ4v) is 2.38. The van der Waals surface area contributed by atoms with Gasteiger partial charge in [-0.25, -0.2) is 9.97 Å². The van der Waals surface area contributed by atoms with Crippen molar-refractivity contribution in [3.8, 4) is 5.75 Å². The normalized spacial score (nSPS) is 10.5. The van der Waals surface area contributed by atoms with Crippen LogP contribution in [-0.2, 0) is 0 Å². The van der Waals surface area contributed by atoms with Crippen LogP contribution in [0.5, 0.6) is 5.75 Å². The number of hydrogen-bond acceptors (Lipinski definition) is 5. The number of nitrogens with zero attached hydrogens (tertiary/aromatic N) is 2. The van der Waals surface area contributed by atoms with Crippen LogP contribution in [0.2, 0.25) is 0 Å². The second-order valence-corrected chi connectivity index (χ2v) is 6.42. The first-order valence-electron chi connectivity index (χ1n) is 8.73. The van der Waals surface area contributed by atoms with Crippen molar-refractivity contribution in [1.29, 1.82) is 0 Å². The molecule has 0 radical (unpaired) electrons. The monoisotopic (exact) mass is 362 g/mol. The quantitative estimate of drug-likeness (QED) is 0.672. The summed E-state index contributed by atoms with van der Waals surface area (Å²) in [5, 5.41) is 5.95. The first-order valence-corrected chi connectivity index (χ1v) is 8.73. The van der Waals surface area contributed by atoms with E-state index in [1.807, 2.05) is 69.3 Å². The van der Waals surface area contributed by atoms with Gasteiger partial charge in [0.1, 0.15) is 17.3 Å². The van der Waals surface area contributed by atoms with Gasteiger partial charge >= 0.3 is 0 Å². The Hall–Kier alpha value is -3.41. The highest BCUT2D eigenvalue weighted by Gasteiger charge is 2.09. The molecule has 1 amide bonds. The molecule has 0 aliphatic heterocycles. The van der Waals surface area contributed by atoms with Crippen molar-refractivity contribution in [2.45, 2.75) is 26.9 Å². The fourth-order valence-electron chi connectivity index (χ4n) is 2.38. The minimum atomic E-state index is -0.298. The maximum Gasteiger partial charge on any atom is 0.275 e. The maximum atomic E-state index is 12.2. The van der Waals surface area contributed by atoms with E-state index < -0.39 is 0 Å². The third-order valence-corrected chi connectivity index (χ3v) is 3.69. The van der Waals surface area contributed by atoms with Crippen molar-refractivity contribution in [1.82, 2.24) is 9.97 Å². The first kappa shape index (κ1) is 18.4. The lowest BCUT2D eigenvalue weighted by Gasteiger charge is -2.11. The molecule has 0 bridgehead atoms. The highest BCUT2D eigenvalue weighted by molar-refractivity contribution is 6.02. The average Bonchev–Trinajstić information content (AvgIpc) is 2.65. The third-order valence-electron chi connectivity index (χ3n) is 3.69. The number of ether oxygens (including phenoxy) is 1. The summed E-state index contributed by atoms with van der Waals surface area (Å²) >= 11 is 0. The lowest BCUT2D eigenvalue weighted by atomic mass is 10.2. The summed E-state index contributed by atoms with van der Waals surface area (Å²) in [5.41, 5.74) is 2.96. The molecule has 3 aromatic rings. The van der Waals surface area contributed by atoms with Crippen molar-refractivity contribution >= 4 is 23.1 Å². The van der Waals surface area contributed by atoms with Gasteiger partial charge in [0, 0.05) is 11.4 Å². The molecule has 1 aromatic heterocycles. The van der Waals surface area contributed by atoms with Crippen molar-refractivity contribution in [2.75, 3.05) is 10.6 Å². The van der Waals surface area contributed by atoms with Crippen LogP contribution in [-0.4, -0.2) is 22.0 Å². The molecule has 0 saturated heterocycles. The fraction of sp³-hybridized carbons (Fsp3) is 0.190. The molecule has 138 valence electrons. The first-order chi connectivity index (χ1) is 13.0. The molecule has 0 aliphatic carbocycles. The minimum absolute atomic E-state index is 0.133. The van der Waals surface area contributed by atoms with Gasteiger partial charge in [-0.15, -0.1) is 0 Å². The van der Waals surface area contributed by atoms with Crippen LogP contribution in [0.25, 0.3) is 0 Å². The molecule has 2 N–H and O–H groups in total. The van der Waals surface area contributed by atoms with Crippen molar-refractivity contribution in [3.63, 3.8) is 0 Å². The van der Waals surface area contributed by atoms with Crippen molar-refractivity contribution in [2.24, 2.45) is 0 Å². The molecule has 6 nitrogen and oxygen atoms in total. The predicted molar refractivity (Wildman–Crippen MR) is 107 cm³/mol. The highest BCUT2D eigenvalue weighted by Crippen LogP contribution is 2.19. The second-order valence-electron chi connectivity index (χ2n) is 6.42. The van der Waals surface area contributed by atoms with E-state index in [4.69, 9.17) is 4.74 Å². The smallest absolute Gasteiger partial charge is 0.275 e. The van der Waals surface area contributed by atoms with Gasteiger partial charge < -0.3 is 15.4 Å². The molecule has 0 fully saturated rings. The summed E-state index contributed by atoms with van der Waals surface area (Å²) in [6.07, 6.45) is 3.11. The predicted octanol–water partition coefficient (Wildman–Crippen LogP) is 4.57. The molecule has 0 saturated carbocycles. The van der Waals surface area contributed by atoms with E-state index >= 15 is 0 Å². The van der Waals surface area contributed by atoms with E-state index in [1.54, 1.807) is 0 Å². The standard InChI is InChI=1S/C21H22N4O2/c1-14(2)27-18-10-8-16(9-11-18)24-20-13-22-19(12-23-20)21(26)25-17-6-4-15(3)5-7-17/h4-14H,1-3H3,(H,23,24)(H,25,26). The minimum Gasteiger partial charge on any atom is -0.491 e. The van der Waals surface area contributed by atoms with E-state index in [1.165, 1.54) is 12.4 Å². The molecule has 27 heavy (non-hydrogen) atoms. The van der Waals surface area contributed by atoms with Crippen LogP contribution in [0.1, 0.15) is 29.9 Å². The van der Waals surface area contributed by atoms with E-state index in [9.17, 15) is 4.79 Å². The van der Waals surface area contributed by atoms with Crippen LogP contribution in [0.15, 0.2) is 60.9 Å². The Morgan fingerprint density at radius 3 is 2.19 bits per heavy atom. The Morgan fingerprint density at radius 2 is 1.59 bits per heavy atom. The van der Waals surface area contributed by atoms with Gasteiger partial charge in [0.05, 0.1) is 18.5 Å². The Morgan fingerprint density at radius 1 is 0.926 bits per heavy atom. The van der Waals surface area contributed by atoms with Gasteiger partial charge in [-0.2, -0.15) is 0 Å². The lowest BCUT2D eigenvalue weighted by molar-refractivity contribution is 0.102. The van der Waals surface area contributed by atoms with Gasteiger partial charge in [0.15, 0.2) is 0 Å². The van der Waals surface area contributed by atoms with E-state index in [-0.39, 0.29) is 17.7 Å². The van der Waals surface area contributed by atoms with E-state index in [2.05, 4.69) is 20.6 Å². The zero-order valence-electron chi connectivity index (χ0n) is 15.6.